The van der Waals surface area contributed by atoms with E-state index in [-0.39, 0.29) is 12.1 Å². The molecule has 9 heteroatoms. The SMILES string of the molecule is COc1ccc(NC(=O)NCCCN(C(=O)Nc2ccc(OC)cc2)c2ccc(Oc3ccccc3)cc2)cc1. The molecule has 0 unspecified atom stereocenters. The number of rotatable bonds is 11. The van der Waals surface area contributed by atoms with Gasteiger partial charge in [-0.15, -0.1) is 0 Å². The Bertz CT molecular complexity index is 1360. The Kier molecular flexibility index (Phi) is 9.82. The third-order valence-electron chi connectivity index (χ3n) is 5.91. The molecular formula is C31H32N4O5. The molecule has 40 heavy (non-hydrogen) atoms. The zero-order valence-electron chi connectivity index (χ0n) is 22.4. The zero-order chi connectivity index (χ0) is 28.2. The van der Waals surface area contributed by atoms with Crippen molar-refractivity contribution in [2.24, 2.45) is 0 Å². The lowest BCUT2D eigenvalue weighted by molar-refractivity contribution is 0.252. The Labute approximate surface area is 233 Å². The van der Waals surface area contributed by atoms with Crippen LogP contribution in [-0.4, -0.2) is 39.4 Å². The summed E-state index contributed by atoms with van der Waals surface area (Å²) in [4.78, 5) is 27.3. The lowest BCUT2D eigenvalue weighted by atomic mass is 10.2. The number of para-hydroxylation sites is 1. The van der Waals surface area contributed by atoms with E-state index in [0.29, 0.717) is 53.8 Å². The Morgan fingerprint density at radius 1 is 0.650 bits per heavy atom. The Hall–Kier alpha value is -5.18. The van der Waals surface area contributed by atoms with Gasteiger partial charge >= 0.3 is 12.1 Å². The lowest BCUT2D eigenvalue weighted by Crippen LogP contribution is -2.38. The van der Waals surface area contributed by atoms with Gasteiger partial charge in [0.05, 0.1) is 14.2 Å². The molecule has 3 N–H and O–H groups in total. The van der Waals surface area contributed by atoms with Crippen molar-refractivity contribution < 1.29 is 23.8 Å². The molecule has 0 saturated carbocycles. The van der Waals surface area contributed by atoms with Gasteiger partial charge in [-0.2, -0.15) is 0 Å². The number of urea groups is 2. The van der Waals surface area contributed by atoms with Crippen molar-refractivity contribution in [2.45, 2.75) is 6.42 Å². The molecule has 0 saturated heterocycles. The summed E-state index contributed by atoms with van der Waals surface area (Å²) in [6, 6.07) is 30.3. The van der Waals surface area contributed by atoms with Crippen LogP contribution in [0.2, 0.25) is 0 Å². The van der Waals surface area contributed by atoms with Gasteiger partial charge in [-0.3, -0.25) is 4.90 Å². The third kappa shape index (κ3) is 8.16. The maximum Gasteiger partial charge on any atom is 0.326 e. The Balaban J connectivity index is 1.38. The van der Waals surface area contributed by atoms with E-state index in [0.717, 1.165) is 5.75 Å². The molecular weight excluding hydrogens is 508 g/mol. The quantitative estimate of drug-likeness (QED) is 0.183. The summed E-state index contributed by atoms with van der Waals surface area (Å²) in [5.41, 5.74) is 1.97. The number of benzene rings is 4. The molecule has 4 aromatic rings. The zero-order valence-corrected chi connectivity index (χ0v) is 22.4. The average molecular weight is 541 g/mol. The fraction of sp³-hybridized carbons (Fsp3) is 0.161. The maximum atomic E-state index is 13.3. The first kappa shape index (κ1) is 27.8. The minimum atomic E-state index is -0.332. The molecule has 0 heterocycles. The van der Waals surface area contributed by atoms with Gasteiger partial charge in [-0.25, -0.2) is 9.59 Å². The molecule has 0 atom stereocenters. The van der Waals surface area contributed by atoms with Crippen molar-refractivity contribution in [1.82, 2.24) is 5.32 Å². The van der Waals surface area contributed by atoms with Gasteiger partial charge in [0.1, 0.15) is 23.0 Å². The van der Waals surface area contributed by atoms with Crippen LogP contribution in [0.3, 0.4) is 0 Å². The maximum absolute atomic E-state index is 13.3. The fourth-order valence-electron chi connectivity index (χ4n) is 3.82. The number of nitrogens with zero attached hydrogens (tertiary/aromatic N) is 1. The van der Waals surface area contributed by atoms with Gasteiger partial charge in [0, 0.05) is 30.2 Å². The van der Waals surface area contributed by atoms with Crippen LogP contribution in [-0.2, 0) is 0 Å². The van der Waals surface area contributed by atoms with Crippen LogP contribution in [0.15, 0.2) is 103 Å². The molecule has 0 radical (unpaired) electrons. The Morgan fingerprint density at radius 2 is 1.18 bits per heavy atom. The predicted molar refractivity (Wildman–Crippen MR) is 157 cm³/mol. The van der Waals surface area contributed by atoms with Crippen molar-refractivity contribution in [3.8, 4) is 23.0 Å². The summed E-state index contributed by atoms with van der Waals surface area (Å²) in [7, 11) is 3.17. The summed E-state index contributed by atoms with van der Waals surface area (Å²) in [6.45, 7) is 0.729. The number of methoxy groups -OCH3 is 2. The average Bonchev–Trinajstić information content (AvgIpc) is 2.99. The number of ether oxygens (including phenoxy) is 3. The first-order valence-corrected chi connectivity index (χ1v) is 12.8. The largest absolute Gasteiger partial charge is 0.497 e. The summed E-state index contributed by atoms with van der Waals surface area (Å²) < 4.78 is 16.2. The number of anilines is 3. The van der Waals surface area contributed by atoms with Gasteiger partial charge < -0.3 is 30.2 Å². The number of hydrogen-bond donors (Lipinski definition) is 3. The van der Waals surface area contributed by atoms with Crippen LogP contribution in [0.5, 0.6) is 23.0 Å². The van der Waals surface area contributed by atoms with Gasteiger partial charge in [0.15, 0.2) is 0 Å². The summed E-state index contributed by atoms with van der Waals surface area (Å²) in [6.07, 6.45) is 0.522. The number of carbonyl (C=O) groups is 2. The van der Waals surface area contributed by atoms with Crippen LogP contribution >= 0.6 is 0 Å². The molecule has 0 aliphatic heterocycles. The van der Waals surface area contributed by atoms with E-state index in [1.165, 1.54) is 0 Å². The molecule has 0 aliphatic rings. The predicted octanol–water partition coefficient (Wildman–Crippen LogP) is 6.75. The van der Waals surface area contributed by atoms with E-state index in [1.54, 1.807) is 67.7 Å². The molecule has 9 nitrogen and oxygen atoms in total. The molecule has 0 aromatic heterocycles. The van der Waals surface area contributed by atoms with Crippen LogP contribution in [0.25, 0.3) is 0 Å². The topological polar surface area (TPSA) is 101 Å². The molecule has 0 spiro atoms. The van der Waals surface area contributed by atoms with Crippen LogP contribution in [0.4, 0.5) is 26.7 Å². The minimum absolute atomic E-state index is 0.301. The highest BCUT2D eigenvalue weighted by molar-refractivity contribution is 6.01. The first-order valence-electron chi connectivity index (χ1n) is 12.8. The number of nitrogens with one attached hydrogen (secondary N) is 3. The van der Waals surface area contributed by atoms with Crippen LogP contribution < -0.4 is 35.1 Å². The summed E-state index contributed by atoms with van der Waals surface area (Å²) >= 11 is 0. The van der Waals surface area contributed by atoms with Crippen molar-refractivity contribution in [2.75, 3.05) is 42.8 Å². The van der Waals surface area contributed by atoms with E-state index in [2.05, 4.69) is 16.0 Å². The molecule has 0 bridgehead atoms. The second-order valence-electron chi connectivity index (χ2n) is 8.68. The number of amides is 4. The normalized spacial score (nSPS) is 10.2. The Morgan fingerprint density at radius 3 is 1.75 bits per heavy atom. The van der Waals surface area contributed by atoms with E-state index in [4.69, 9.17) is 14.2 Å². The molecule has 0 fully saturated rings. The molecule has 206 valence electrons. The third-order valence-corrected chi connectivity index (χ3v) is 5.91. The van der Waals surface area contributed by atoms with Gasteiger partial charge in [-0.05, 0) is 91.3 Å². The highest BCUT2D eigenvalue weighted by Gasteiger charge is 2.16. The second-order valence-corrected chi connectivity index (χ2v) is 8.68. The fourth-order valence-corrected chi connectivity index (χ4v) is 3.82. The van der Waals surface area contributed by atoms with Gasteiger partial charge in [0.2, 0.25) is 0 Å². The van der Waals surface area contributed by atoms with E-state index < -0.39 is 0 Å². The molecule has 4 amide bonds. The monoisotopic (exact) mass is 540 g/mol. The van der Waals surface area contributed by atoms with Crippen molar-refractivity contribution in [1.29, 1.82) is 0 Å². The van der Waals surface area contributed by atoms with E-state index >= 15 is 0 Å². The van der Waals surface area contributed by atoms with Gasteiger partial charge in [-0.1, -0.05) is 18.2 Å². The molecule has 4 rings (SSSR count). The highest BCUT2D eigenvalue weighted by Crippen LogP contribution is 2.25. The van der Waals surface area contributed by atoms with Crippen molar-refractivity contribution in [3.05, 3.63) is 103 Å². The summed E-state index contributed by atoms with van der Waals surface area (Å²) in [5.74, 6) is 2.78. The van der Waals surface area contributed by atoms with E-state index in [1.807, 2.05) is 54.6 Å². The summed E-state index contributed by atoms with van der Waals surface area (Å²) in [5, 5.41) is 8.54. The number of hydrogen-bond acceptors (Lipinski definition) is 5. The first-order chi connectivity index (χ1) is 19.5. The minimum Gasteiger partial charge on any atom is -0.497 e. The van der Waals surface area contributed by atoms with Crippen LogP contribution in [0, 0.1) is 0 Å². The van der Waals surface area contributed by atoms with Crippen LogP contribution in [0.1, 0.15) is 6.42 Å². The van der Waals surface area contributed by atoms with Crippen molar-refractivity contribution in [3.63, 3.8) is 0 Å². The highest BCUT2D eigenvalue weighted by atomic mass is 16.5. The standard InChI is InChI=1S/C31H32N4O5/c1-38-26-15-9-23(10-16-26)33-30(36)32-21-6-22-35(31(37)34-24-11-17-27(39-2)18-12-24)25-13-19-29(20-14-25)40-28-7-4-3-5-8-28/h3-5,7-20H,6,21-22H2,1-2H3,(H,34,37)(H2,32,33,36). The molecule has 0 aliphatic carbocycles. The number of carbonyl (C=O) groups excluding carboxylic acids is 2. The van der Waals surface area contributed by atoms with Gasteiger partial charge in [0.25, 0.3) is 0 Å². The molecule has 4 aromatic carbocycles. The lowest BCUT2D eigenvalue weighted by Gasteiger charge is -2.24. The van der Waals surface area contributed by atoms with Crippen molar-refractivity contribution >= 4 is 29.1 Å². The smallest absolute Gasteiger partial charge is 0.326 e. The van der Waals surface area contributed by atoms with E-state index in [9.17, 15) is 9.59 Å². The second kappa shape index (κ2) is 14.1.